The molecule has 2 aromatic rings. The molecular formula is C23H20N2O3. The van der Waals surface area contributed by atoms with E-state index in [4.69, 9.17) is 0 Å². The summed E-state index contributed by atoms with van der Waals surface area (Å²) >= 11 is 0. The summed E-state index contributed by atoms with van der Waals surface area (Å²) in [5.41, 5.74) is 0.284. The Bertz CT molecular complexity index is 985. The van der Waals surface area contributed by atoms with Gasteiger partial charge in [-0.1, -0.05) is 48.6 Å². The van der Waals surface area contributed by atoms with E-state index in [1.807, 2.05) is 60.7 Å². The van der Waals surface area contributed by atoms with Crippen LogP contribution >= 0.6 is 0 Å². The first-order chi connectivity index (χ1) is 13.6. The molecule has 140 valence electrons. The second-order valence-electron chi connectivity index (χ2n) is 7.77. The van der Waals surface area contributed by atoms with Gasteiger partial charge in [-0.05, 0) is 43.0 Å². The molecule has 2 fully saturated rings. The summed E-state index contributed by atoms with van der Waals surface area (Å²) in [6.45, 7) is 0. The first kappa shape index (κ1) is 16.9. The van der Waals surface area contributed by atoms with Gasteiger partial charge in [0.1, 0.15) is 0 Å². The lowest BCUT2D eigenvalue weighted by molar-refractivity contribution is -0.140. The van der Waals surface area contributed by atoms with E-state index in [2.05, 4.69) is 5.32 Å². The third-order valence-electron chi connectivity index (χ3n) is 6.37. The van der Waals surface area contributed by atoms with Crippen molar-refractivity contribution in [1.82, 2.24) is 0 Å². The molecule has 5 heteroatoms. The molecular weight excluding hydrogens is 352 g/mol. The standard InChI is InChI=1S/C23H20N2O3/c26-20-18-15-11-13-23(14-12-15,22(28)24-16-7-3-1-4-8-16)19(18)21(27)25(20)17-9-5-2-6-10-17/h1-11,13,15,18-19H,12,14H2,(H,24,28)/t15-,18-,19-,23-/m1/s1. The zero-order chi connectivity index (χ0) is 19.3. The van der Waals surface area contributed by atoms with Gasteiger partial charge >= 0.3 is 0 Å². The van der Waals surface area contributed by atoms with Crippen molar-refractivity contribution in [2.45, 2.75) is 12.8 Å². The van der Waals surface area contributed by atoms with Crippen LogP contribution in [0.3, 0.4) is 0 Å². The van der Waals surface area contributed by atoms with Crippen LogP contribution in [0.5, 0.6) is 0 Å². The number of anilines is 2. The predicted octanol–water partition coefficient (Wildman–Crippen LogP) is 3.40. The van der Waals surface area contributed by atoms with Crippen molar-refractivity contribution in [3.05, 3.63) is 72.8 Å². The van der Waals surface area contributed by atoms with Gasteiger partial charge in [-0.25, -0.2) is 4.90 Å². The molecule has 4 aliphatic rings. The van der Waals surface area contributed by atoms with E-state index in [0.717, 1.165) is 6.42 Å². The van der Waals surface area contributed by atoms with Gasteiger partial charge in [0.15, 0.2) is 0 Å². The molecule has 5 nitrogen and oxygen atoms in total. The zero-order valence-electron chi connectivity index (χ0n) is 15.2. The molecule has 0 unspecified atom stereocenters. The monoisotopic (exact) mass is 372 g/mol. The quantitative estimate of drug-likeness (QED) is 0.663. The minimum atomic E-state index is -0.981. The van der Waals surface area contributed by atoms with Crippen molar-refractivity contribution in [3.8, 4) is 0 Å². The first-order valence-corrected chi connectivity index (χ1v) is 9.60. The second kappa shape index (κ2) is 6.16. The van der Waals surface area contributed by atoms with Gasteiger partial charge in [0, 0.05) is 5.69 Å². The van der Waals surface area contributed by atoms with Gasteiger partial charge in [0.25, 0.3) is 0 Å². The summed E-state index contributed by atoms with van der Waals surface area (Å²) in [6, 6.07) is 18.2. The largest absolute Gasteiger partial charge is 0.325 e. The van der Waals surface area contributed by atoms with Gasteiger partial charge in [-0.2, -0.15) is 0 Å². The molecule has 28 heavy (non-hydrogen) atoms. The number of imide groups is 1. The molecule has 3 amide bonds. The summed E-state index contributed by atoms with van der Waals surface area (Å²) < 4.78 is 0. The molecule has 2 aromatic carbocycles. The van der Waals surface area contributed by atoms with Gasteiger partial charge in [-0.3, -0.25) is 14.4 Å². The van der Waals surface area contributed by atoms with Crippen LogP contribution < -0.4 is 10.2 Å². The third kappa shape index (κ3) is 2.29. The number of nitrogens with one attached hydrogen (secondary N) is 1. The van der Waals surface area contributed by atoms with Crippen LogP contribution in [0.4, 0.5) is 11.4 Å². The SMILES string of the molecule is O=C1[C@@H]2[C@@H]3C=C[C@@](C(=O)Nc4ccccc4)(CC3)[C@H]2C(=O)N1c1ccccc1. The molecule has 6 rings (SSSR count). The highest BCUT2D eigenvalue weighted by molar-refractivity contribution is 6.24. The highest BCUT2D eigenvalue weighted by atomic mass is 16.2. The Morgan fingerprint density at radius 2 is 1.64 bits per heavy atom. The molecule has 0 radical (unpaired) electrons. The fourth-order valence-electron chi connectivity index (χ4n) is 5.03. The molecule has 1 N–H and O–H groups in total. The van der Waals surface area contributed by atoms with Crippen molar-refractivity contribution in [2.75, 3.05) is 10.2 Å². The molecule has 2 bridgehead atoms. The van der Waals surface area contributed by atoms with Crippen molar-refractivity contribution in [3.63, 3.8) is 0 Å². The number of fused-ring (bicyclic) bond motifs is 1. The van der Waals surface area contributed by atoms with Gasteiger partial charge in [-0.15, -0.1) is 0 Å². The first-order valence-electron chi connectivity index (χ1n) is 9.60. The lowest BCUT2D eigenvalue weighted by atomic mass is 9.54. The average Bonchev–Trinajstić information content (AvgIpc) is 3.03. The molecule has 1 saturated carbocycles. The smallest absolute Gasteiger partial charge is 0.239 e. The Hall–Kier alpha value is -3.21. The van der Waals surface area contributed by atoms with E-state index in [9.17, 15) is 14.4 Å². The summed E-state index contributed by atoms with van der Waals surface area (Å²) in [4.78, 5) is 41.2. The maximum absolute atomic E-state index is 13.4. The number of carbonyl (C=O) groups is 3. The zero-order valence-corrected chi connectivity index (χ0v) is 15.2. The second-order valence-corrected chi connectivity index (χ2v) is 7.77. The van der Waals surface area contributed by atoms with Gasteiger partial charge < -0.3 is 5.32 Å². The van der Waals surface area contributed by atoms with Crippen molar-refractivity contribution in [2.24, 2.45) is 23.2 Å². The molecule has 1 saturated heterocycles. The summed E-state index contributed by atoms with van der Waals surface area (Å²) in [5.74, 6) is -1.76. The predicted molar refractivity (Wildman–Crippen MR) is 105 cm³/mol. The van der Waals surface area contributed by atoms with Crippen LogP contribution in [-0.4, -0.2) is 17.7 Å². The summed E-state index contributed by atoms with van der Waals surface area (Å²) in [5, 5.41) is 2.96. The van der Waals surface area contributed by atoms with E-state index in [1.165, 1.54) is 4.90 Å². The van der Waals surface area contributed by atoms with E-state index in [1.54, 1.807) is 12.1 Å². The van der Waals surface area contributed by atoms with Crippen molar-refractivity contribution >= 4 is 29.1 Å². The average molecular weight is 372 g/mol. The number of allylic oxidation sites excluding steroid dienone is 1. The Kier molecular flexibility index (Phi) is 3.72. The van der Waals surface area contributed by atoms with Crippen LogP contribution in [0, 0.1) is 23.2 Å². The van der Waals surface area contributed by atoms with E-state index in [-0.39, 0.29) is 23.6 Å². The Morgan fingerprint density at radius 3 is 2.29 bits per heavy atom. The highest BCUT2D eigenvalue weighted by Crippen LogP contribution is 2.57. The van der Waals surface area contributed by atoms with Crippen LogP contribution in [-0.2, 0) is 14.4 Å². The number of benzene rings is 2. The van der Waals surface area contributed by atoms with Crippen LogP contribution in [0.25, 0.3) is 0 Å². The van der Waals surface area contributed by atoms with Gasteiger partial charge in [0.2, 0.25) is 17.7 Å². The van der Waals surface area contributed by atoms with E-state index >= 15 is 0 Å². The number of hydrogen-bond donors (Lipinski definition) is 1. The fourth-order valence-corrected chi connectivity index (χ4v) is 5.03. The Balaban J connectivity index is 1.54. The van der Waals surface area contributed by atoms with Crippen molar-refractivity contribution < 1.29 is 14.4 Å². The lowest BCUT2D eigenvalue weighted by Crippen LogP contribution is -2.53. The normalized spacial score (nSPS) is 30.4. The summed E-state index contributed by atoms with van der Waals surface area (Å²) in [7, 11) is 0. The van der Waals surface area contributed by atoms with Crippen molar-refractivity contribution in [1.29, 1.82) is 0 Å². The molecule has 0 aromatic heterocycles. The topological polar surface area (TPSA) is 66.5 Å². The van der Waals surface area contributed by atoms with Crippen LogP contribution in [0.1, 0.15) is 12.8 Å². The highest BCUT2D eigenvalue weighted by Gasteiger charge is 2.65. The molecule has 3 aliphatic carbocycles. The number of amides is 3. The van der Waals surface area contributed by atoms with E-state index in [0.29, 0.717) is 17.8 Å². The Labute approximate surface area is 163 Å². The third-order valence-corrected chi connectivity index (χ3v) is 6.37. The Morgan fingerprint density at radius 1 is 0.964 bits per heavy atom. The molecule has 1 heterocycles. The summed E-state index contributed by atoms with van der Waals surface area (Å²) in [6.07, 6.45) is 5.16. The van der Waals surface area contributed by atoms with Gasteiger partial charge in [0.05, 0.1) is 22.9 Å². The van der Waals surface area contributed by atoms with Crippen LogP contribution in [0.15, 0.2) is 72.8 Å². The van der Waals surface area contributed by atoms with E-state index < -0.39 is 17.3 Å². The maximum atomic E-state index is 13.4. The maximum Gasteiger partial charge on any atom is 0.239 e. The number of nitrogens with zero attached hydrogens (tertiary/aromatic N) is 1. The number of carbonyl (C=O) groups excluding carboxylic acids is 3. The fraction of sp³-hybridized carbons (Fsp3) is 0.261. The minimum absolute atomic E-state index is 0.0153. The molecule has 0 spiro atoms. The number of para-hydroxylation sites is 2. The number of rotatable bonds is 3. The molecule has 4 atom stereocenters. The lowest BCUT2D eigenvalue weighted by Gasteiger charge is -2.46. The molecule has 1 aliphatic heterocycles. The number of hydrogen-bond acceptors (Lipinski definition) is 3. The minimum Gasteiger partial charge on any atom is -0.325 e. The van der Waals surface area contributed by atoms with Crippen LogP contribution in [0.2, 0.25) is 0 Å².